The Bertz CT molecular complexity index is 362. The molecule has 0 aliphatic rings. The van der Waals surface area contributed by atoms with Crippen molar-refractivity contribution in [3.05, 3.63) is 35.4 Å². The van der Waals surface area contributed by atoms with Gasteiger partial charge >= 0.3 is 0 Å². The first-order valence-electron chi connectivity index (χ1n) is 5.79. The lowest BCUT2D eigenvalue weighted by atomic mass is 10.1. The van der Waals surface area contributed by atoms with Crippen molar-refractivity contribution in [2.24, 2.45) is 5.73 Å². The SMILES string of the molecule is CCc1ccc(CN(C)C(=O)C(O)CN)cc1. The molecule has 0 saturated carbocycles. The molecule has 4 heteroatoms. The number of rotatable bonds is 5. The van der Waals surface area contributed by atoms with Gasteiger partial charge in [0.15, 0.2) is 0 Å². The standard InChI is InChI=1S/C13H20N2O2/c1-3-10-4-6-11(7-5-10)9-15(2)13(17)12(16)8-14/h4-7,12,16H,3,8-9,14H2,1-2H3. The van der Waals surface area contributed by atoms with Crippen LogP contribution in [0.1, 0.15) is 18.1 Å². The fourth-order valence-corrected chi connectivity index (χ4v) is 1.59. The lowest BCUT2D eigenvalue weighted by Gasteiger charge is -2.20. The van der Waals surface area contributed by atoms with E-state index in [2.05, 4.69) is 6.92 Å². The predicted molar refractivity (Wildman–Crippen MR) is 67.4 cm³/mol. The fraction of sp³-hybridized carbons (Fsp3) is 0.462. The van der Waals surface area contributed by atoms with Gasteiger partial charge in [-0.2, -0.15) is 0 Å². The Morgan fingerprint density at radius 1 is 1.35 bits per heavy atom. The first-order chi connectivity index (χ1) is 8.08. The molecule has 1 atom stereocenters. The highest BCUT2D eigenvalue weighted by Gasteiger charge is 2.17. The number of carbonyl (C=O) groups excluding carboxylic acids is 1. The van der Waals surface area contributed by atoms with Crippen LogP contribution in [-0.2, 0) is 17.8 Å². The van der Waals surface area contributed by atoms with E-state index >= 15 is 0 Å². The number of benzene rings is 1. The van der Waals surface area contributed by atoms with E-state index in [1.807, 2.05) is 24.3 Å². The number of hydrogen-bond donors (Lipinski definition) is 2. The highest BCUT2D eigenvalue weighted by molar-refractivity contribution is 5.80. The lowest BCUT2D eigenvalue weighted by Crippen LogP contribution is -2.40. The summed E-state index contributed by atoms with van der Waals surface area (Å²) >= 11 is 0. The van der Waals surface area contributed by atoms with E-state index in [9.17, 15) is 9.90 Å². The molecule has 0 aliphatic carbocycles. The van der Waals surface area contributed by atoms with E-state index in [0.717, 1.165) is 12.0 Å². The van der Waals surface area contributed by atoms with Gasteiger partial charge < -0.3 is 15.7 Å². The molecule has 1 aromatic rings. The Labute approximate surface area is 102 Å². The summed E-state index contributed by atoms with van der Waals surface area (Å²) in [5, 5.41) is 9.34. The average molecular weight is 236 g/mol. The van der Waals surface area contributed by atoms with Crippen molar-refractivity contribution in [2.75, 3.05) is 13.6 Å². The number of amides is 1. The number of aliphatic hydroxyl groups excluding tert-OH is 1. The van der Waals surface area contributed by atoms with E-state index in [4.69, 9.17) is 5.73 Å². The quantitative estimate of drug-likeness (QED) is 0.783. The molecule has 4 nitrogen and oxygen atoms in total. The molecule has 1 amide bonds. The number of likely N-dealkylation sites (N-methyl/N-ethyl adjacent to an activating group) is 1. The molecule has 0 aromatic heterocycles. The van der Waals surface area contributed by atoms with Gasteiger partial charge in [-0.05, 0) is 17.5 Å². The van der Waals surface area contributed by atoms with Gasteiger partial charge in [0, 0.05) is 20.1 Å². The largest absolute Gasteiger partial charge is 0.382 e. The van der Waals surface area contributed by atoms with Crippen molar-refractivity contribution < 1.29 is 9.90 Å². The third-order valence-corrected chi connectivity index (χ3v) is 2.74. The van der Waals surface area contributed by atoms with Gasteiger partial charge in [0.05, 0.1) is 0 Å². The molecular formula is C13H20N2O2. The molecule has 0 heterocycles. The molecule has 0 radical (unpaired) electrons. The summed E-state index contributed by atoms with van der Waals surface area (Å²) in [7, 11) is 1.66. The maximum Gasteiger partial charge on any atom is 0.252 e. The van der Waals surface area contributed by atoms with Crippen LogP contribution in [0.3, 0.4) is 0 Å². The number of carbonyl (C=O) groups is 1. The molecule has 0 spiro atoms. The summed E-state index contributed by atoms with van der Waals surface area (Å²) in [6, 6.07) is 8.09. The van der Waals surface area contributed by atoms with Crippen LogP contribution in [0.2, 0.25) is 0 Å². The van der Waals surface area contributed by atoms with Crippen LogP contribution in [0.4, 0.5) is 0 Å². The second-order valence-corrected chi connectivity index (χ2v) is 4.12. The van der Waals surface area contributed by atoms with Gasteiger partial charge in [-0.15, -0.1) is 0 Å². The third kappa shape index (κ3) is 3.84. The number of aliphatic hydroxyl groups is 1. The number of nitrogens with zero attached hydrogens (tertiary/aromatic N) is 1. The Balaban J connectivity index is 2.61. The first-order valence-corrected chi connectivity index (χ1v) is 5.79. The summed E-state index contributed by atoms with van der Waals surface area (Å²) in [5.74, 6) is -0.341. The van der Waals surface area contributed by atoms with Crippen molar-refractivity contribution >= 4 is 5.91 Å². The zero-order valence-corrected chi connectivity index (χ0v) is 10.4. The summed E-state index contributed by atoms with van der Waals surface area (Å²) in [6.45, 7) is 2.54. The summed E-state index contributed by atoms with van der Waals surface area (Å²) in [6.07, 6.45) is -0.101. The smallest absolute Gasteiger partial charge is 0.252 e. The third-order valence-electron chi connectivity index (χ3n) is 2.74. The number of nitrogens with two attached hydrogens (primary N) is 1. The van der Waals surface area contributed by atoms with E-state index in [1.54, 1.807) is 7.05 Å². The van der Waals surface area contributed by atoms with Gasteiger partial charge in [-0.25, -0.2) is 0 Å². The van der Waals surface area contributed by atoms with Gasteiger partial charge in [0.2, 0.25) is 0 Å². The highest BCUT2D eigenvalue weighted by Crippen LogP contribution is 2.08. The van der Waals surface area contributed by atoms with E-state index in [0.29, 0.717) is 6.54 Å². The molecule has 3 N–H and O–H groups in total. The molecule has 17 heavy (non-hydrogen) atoms. The van der Waals surface area contributed by atoms with Gasteiger partial charge in [-0.1, -0.05) is 31.2 Å². The summed E-state index contributed by atoms with van der Waals surface area (Å²) < 4.78 is 0. The molecule has 1 aromatic carbocycles. The second kappa shape index (κ2) is 6.37. The zero-order chi connectivity index (χ0) is 12.8. The molecule has 0 saturated heterocycles. The van der Waals surface area contributed by atoms with Crippen LogP contribution in [0.15, 0.2) is 24.3 Å². The minimum absolute atomic E-state index is 0.0437. The van der Waals surface area contributed by atoms with Crippen LogP contribution in [0.25, 0.3) is 0 Å². The minimum Gasteiger partial charge on any atom is -0.382 e. The second-order valence-electron chi connectivity index (χ2n) is 4.12. The lowest BCUT2D eigenvalue weighted by molar-refractivity contribution is -0.138. The normalized spacial score (nSPS) is 12.2. The number of hydrogen-bond acceptors (Lipinski definition) is 3. The van der Waals surface area contributed by atoms with Crippen LogP contribution >= 0.6 is 0 Å². The Hall–Kier alpha value is -1.39. The van der Waals surface area contributed by atoms with Crippen molar-refractivity contribution in [1.82, 2.24) is 4.90 Å². The van der Waals surface area contributed by atoms with E-state index < -0.39 is 6.10 Å². The molecule has 94 valence electrons. The summed E-state index contributed by atoms with van der Waals surface area (Å²) in [4.78, 5) is 13.1. The van der Waals surface area contributed by atoms with Crippen molar-refractivity contribution in [1.29, 1.82) is 0 Å². The fourth-order valence-electron chi connectivity index (χ4n) is 1.59. The minimum atomic E-state index is -1.10. The van der Waals surface area contributed by atoms with Crippen LogP contribution in [0.5, 0.6) is 0 Å². The van der Waals surface area contributed by atoms with Crippen molar-refractivity contribution in [2.45, 2.75) is 26.0 Å². The molecule has 0 fully saturated rings. The van der Waals surface area contributed by atoms with Crippen LogP contribution in [0, 0.1) is 0 Å². The topological polar surface area (TPSA) is 66.6 Å². The first kappa shape index (κ1) is 13.7. The molecule has 0 bridgehead atoms. The van der Waals surface area contributed by atoms with Gasteiger partial charge in [0.25, 0.3) is 5.91 Å². The molecule has 1 unspecified atom stereocenters. The monoisotopic (exact) mass is 236 g/mol. The van der Waals surface area contributed by atoms with E-state index in [-0.39, 0.29) is 12.5 Å². The molecular weight excluding hydrogens is 216 g/mol. The predicted octanol–water partition coefficient (Wildman–Crippen LogP) is 0.527. The summed E-state index contributed by atoms with van der Waals surface area (Å²) in [5.41, 5.74) is 7.56. The Morgan fingerprint density at radius 2 is 1.88 bits per heavy atom. The average Bonchev–Trinajstić information content (AvgIpc) is 2.37. The maximum atomic E-state index is 11.6. The maximum absolute atomic E-state index is 11.6. The van der Waals surface area contributed by atoms with Crippen LogP contribution < -0.4 is 5.73 Å². The van der Waals surface area contributed by atoms with Gasteiger partial charge in [0.1, 0.15) is 6.10 Å². The number of aryl methyl sites for hydroxylation is 1. The van der Waals surface area contributed by atoms with Crippen molar-refractivity contribution in [3.8, 4) is 0 Å². The van der Waals surface area contributed by atoms with E-state index in [1.165, 1.54) is 10.5 Å². The Morgan fingerprint density at radius 3 is 2.35 bits per heavy atom. The molecule has 1 rings (SSSR count). The van der Waals surface area contributed by atoms with Gasteiger partial charge in [-0.3, -0.25) is 4.79 Å². The zero-order valence-electron chi connectivity index (χ0n) is 10.4. The van der Waals surface area contributed by atoms with Crippen LogP contribution in [-0.4, -0.2) is 35.6 Å². The molecule has 0 aliphatic heterocycles. The van der Waals surface area contributed by atoms with Crippen molar-refractivity contribution in [3.63, 3.8) is 0 Å². The Kier molecular flexibility index (Phi) is 5.12. The highest BCUT2D eigenvalue weighted by atomic mass is 16.3.